The molecule has 0 bridgehead atoms. The maximum atomic E-state index is 13.1. The van der Waals surface area contributed by atoms with Crippen LogP contribution in [0.5, 0.6) is 0 Å². The number of aromatic nitrogens is 1. The van der Waals surface area contributed by atoms with Gasteiger partial charge in [-0.1, -0.05) is 32.0 Å². The van der Waals surface area contributed by atoms with Gasteiger partial charge in [-0.25, -0.2) is 14.4 Å². The maximum Gasteiger partial charge on any atom is 0.403 e. The van der Waals surface area contributed by atoms with Crippen LogP contribution < -0.4 is 16.1 Å². The van der Waals surface area contributed by atoms with Gasteiger partial charge in [-0.2, -0.15) is 0 Å². The van der Waals surface area contributed by atoms with Crippen molar-refractivity contribution < 1.29 is 28.3 Å². The number of nitrogens with two attached hydrogens (primary N) is 1. The zero-order chi connectivity index (χ0) is 24.4. The Morgan fingerprint density at radius 1 is 1.24 bits per heavy atom. The number of fused-ring (bicyclic) bond motifs is 1. The minimum atomic E-state index is -4.25. The Hall–Kier alpha value is -2.23. The summed E-state index contributed by atoms with van der Waals surface area (Å²) in [6, 6.07) is 5.63. The molecule has 6 N–H and O–H groups in total. The summed E-state index contributed by atoms with van der Waals surface area (Å²) in [5.41, 5.74) is 7.15. The lowest BCUT2D eigenvalue weighted by Gasteiger charge is -2.25. The van der Waals surface area contributed by atoms with E-state index in [2.05, 4.69) is 15.4 Å². The van der Waals surface area contributed by atoms with Crippen LogP contribution in [0.15, 0.2) is 30.5 Å². The summed E-state index contributed by atoms with van der Waals surface area (Å²) in [6.45, 7) is 5.91. The molecule has 1 amide bonds. The molecule has 0 radical (unpaired) electrons. The number of carbonyl (C=O) groups is 2. The fourth-order valence-electron chi connectivity index (χ4n) is 3.42. The largest absolute Gasteiger partial charge is 0.464 e. The van der Waals surface area contributed by atoms with Gasteiger partial charge in [0, 0.05) is 23.5 Å². The topological polar surface area (TPSA) is 156 Å². The lowest BCUT2D eigenvalue weighted by Crippen LogP contribution is -2.51. The number of para-hydroxylation sites is 1. The van der Waals surface area contributed by atoms with Gasteiger partial charge in [0.25, 0.3) is 0 Å². The third-order valence-corrected chi connectivity index (χ3v) is 6.11. The van der Waals surface area contributed by atoms with Crippen LogP contribution in [0.25, 0.3) is 10.9 Å². The molecule has 0 saturated carbocycles. The van der Waals surface area contributed by atoms with E-state index in [9.17, 15) is 19.0 Å². The summed E-state index contributed by atoms with van der Waals surface area (Å²) < 4.78 is 22.6. The molecule has 0 aliphatic carbocycles. The molecule has 1 heterocycles. The molecule has 0 spiro atoms. The summed E-state index contributed by atoms with van der Waals surface area (Å²) >= 11 is 0. The fourth-order valence-corrected chi connectivity index (χ4v) is 4.49. The number of carbonyl (C=O) groups excluding carboxylic acids is 2. The van der Waals surface area contributed by atoms with Crippen molar-refractivity contribution >= 4 is 30.5 Å². The number of amides is 1. The Morgan fingerprint density at radius 2 is 1.97 bits per heavy atom. The van der Waals surface area contributed by atoms with Gasteiger partial charge >= 0.3 is 13.7 Å². The molecule has 2 rings (SSSR count). The van der Waals surface area contributed by atoms with E-state index in [1.807, 2.05) is 38.1 Å². The molecule has 0 aliphatic heterocycles. The Kier molecular flexibility index (Phi) is 10.5. The van der Waals surface area contributed by atoms with Crippen molar-refractivity contribution in [1.82, 2.24) is 15.4 Å². The number of esters is 1. The standard InChI is InChI=1S/C22H35N4O6P/c1-4-31-22(28)20(13-16-14-24-18-9-6-5-8-17(16)18)25-21(27)19(12-15(2)3)26-33(29,30)32-11-7-10-23/h5-6,8-9,14-15,19-20,24H,4,7,10-13,23H2,1-3H3,(H,25,27)(H2,26,29,30)/t19-,20-/m0/s1. The smallest absolute Gasteiger partial charge is 0.403 e. The molecule has 184 valence electrons. The quantitative estimate of drug-likeness (QED) is 0.156. The maximum absolute atomic E-state index is 13.1. The first-order chi connectivity index (χ1) is 15.7. The Morgan fingerprint density at radius 3 is 2.64 bits per heavy atom. The molecular formula is C22H35N4O6P. The number of benzene rings is 1. The van der Waals surface area contributed by atoms with Crippen LogP contribution in [0.4, 0.5) is 0 Å². The van der Waals surface area contributed by atoms with Gasteiger partial charge in [-0.15, -0.1) is 0 Å². The third-order valence-electron chi connectivity index (χ3n) is 4.94. The van der Waals surface area contributed by atoms with E-state index in [1.54, 1.807) is 13.1 Å². The second-order valence-corrected chi connectivity index (χ2v) is 9.74. The summed E-state index contributed by atoms with van der Waals surface area (Å²) in [5.74, 6) is -1.13. The second kappa shape index (κ2) is 12.9. The second-order valence-electron chi connectivity index (χ2n) is 8.18. The van der Waals surface area contributed by atoms with Crippen LogP contribution in [0.2, 0.25) is 0 Å². The first-order valence-electron chi connectivity index (χ1n) is 11.1. The number of aromatic amines is 1. The fraction of sp³-hybridized carbons (Fsp3) is 0.545. The number of hydrogen-bond donors (Lipinski definition) is 5. The number of rotatable bonds is 14. The van der Waals surface area contributed by atoms with Gasteiger partial charge in [-0.3, -0.25) is 9.32 Å². The lowest BCUT2D eigenvalue weighted by molar-refractivity contribution is -0.147. The number of ether oxygens (including phenoxy) is 1. The monoisotopic (exact) mass is 482 g/mol. The van der Waals surface area contributed by atoms with Crippen molar-refractivity contribution in [2.45, 2.75) is 52.1 Å². The molecule has 1 aromatic carbocycles. The van der Waals surface area contributed by atoms with Crippen molar-refractivity contribution in [3.63, 3.8) is 0 Å². The summed E-state index contributed by atoms with van der Waals surface area (Å²) in [6.07, 6.45) is 2.66. The predicted molar refractivity (Wildman–Crippen MR) is 126 cm³/mol. The molecule has 33 heavy (non-hydrogen) atoms. The van der Waals surface area contributed by atoms with E-state index < -0.39 is 31.7 Å². The average molecular weight is 483 g/mol. The minimum absolute atomic E-state index is 0.0146. The first-order valence-corrected chi connectivity index (χ1v) is 12.7. The molecule has 11 heteroatoms. The first kappa shape index (κ1) is 27.0. The zero-order valence-corrected chi connectivity index (χ0v) is 20.3. The van der Waals surface area contributed by atoms with Crippen LogP contribution in [-0.2, 0) is 29.8 Å². The summed E-state index contributed by atoms with van der Waals surface area (Å²) in [7, 11) is -4.25. The molecule has 3 atom stereocenters. The Balaban J connectivity index is 2.19. The van der Waals surface area contributed by atoms with Crippen LogP contribution in [0, 0.1) is 5.92 Å². The summed E-state index contributed by atoms with van der Waals surface area (Å²) in [5, 5.41) is 6.06. The van der Waals surface area contributed by atoms with Gasteiger partial charge < -0.3 is 25.7 Å². The molecule has 10 nitrogen and oxygen atoms in total. The van der Waals surface area contributed by atoms with Gasteiger partial charge in [0.1, 0.15) is 6.04 Å². The van der Waals surface area contributed by atoms with Gasteiger partial charge in [0.15, 0.2) is 0 Å². The summed E-state index contributed by atoms with van der Waals surface area (Å²) in [4.78, 5) is 39.0. The molecule has 0 aliphatic rings. The van der Waals surface area contributed by atoms with E-state index in [-0.39, 0.29) is 32.0 Å². The van der Waals surface area contributed by atoms with E-state index in [0.29, 0.717) is 13.0 Å². The molecule has 0 saturated heterocycles. The number of hydrogen-bond acceptors (Lipinski definition) is 6. The van der Waals surface area contributed by atoms with Crippen LogP contribution in [-0.4, -0.2) is 53.6 Å². The highest BCUT2D eigenvalue weighted by atomic mass is 31.2. The van der Waals surface area contributed by atoms with Crippen molar-refractivity contribution in [2.24, 2.45) is 11.7 Å². The molecular weight excluding hydrogens is 447 g/mol. The molecule has 1 unspecified atom stereocenters. The lowest BCUT2D eigenvalue weighted by atomic mass is 10.0. The third kappa shape index (κ3) is 8.57. The highest BCUT2D eigenvalue weighted by Gasteiger charge is 2.32. The minimum Gasteiger partial charge on any atom is -0.464 e. The normalized spacial score (nSPS) is 15.2. The van der Waals surface area contributed by atoms with Crippen molar-refractivity contribution in [3.8, 4) is 0 Å². The predicted octanol–water partition coefficient (Wildman–Crippen LogP) is 2.23. The van der Waals surface area contributed by atoms with Crippen LogP contribution in [0.3, 0.4) is 0 Å². The average Bonchev–Trinajstić information content (AvgIpc) is 3.15. The molecule has 1 aromatic heterocycles. The van der Waals surface area contributed by atoms with Crippen LogP contribution in [0.1, 0.15) is 39.2 Å². The van der Waals surface area contributed by atoms with Gasteiger partial charge in [0.05, 0.1) is 19.3 Å². The van der Waals surface area contributed by atoms with E-state index in [1.165, 1.54) is 0 Å². The zero-order valence-electron chi connectivity index (χ0n) is 19.4. The van der Waals surface area contributed by atoms with Crippen molar-refractivity contribution in [1.29, 1.82) is 0 Å². The van der Waals surface area contributed by atoms with Gasteiger partial charge in [-0.05, 0) is 43.9 Å². The Labute approximate surface area is 194 Å². The number of nitrogens with one attached hydrogen (secondary N) is 3. The van der Waals surface area contributed by atoms with Crippen molar-refractivity contribution in [2.75, 3.05) is 19.8 Å². The van der Waals surface area contributed by atoms with Crippen LogP contribution >= 0.6 is 7.75 Å². The van der Waals surface area contributed by atoms with Crippen molar-refractivity contribution in [3.05, 3.63) is 36.0 Å². The highest BCUT2D eigenvalue weighted by molar-refractivity contribution is 7.50. The van der Waals surface area contributed by atoms with E-state index in [0.717, 1.165) is 16.5 Å². The molecule has 2 aromatic rings. The van der Waals surface area contributed by atoms with E-state index in [4.69, 9.17) is 15.0 Å². The molecule has 0 fully saturated rings. The van der Waals surface area contributed by atoms with Gasteiger partial charge in [0.2, 0.25) is 5.91 Å². The SMILES string of the molecule is CCOC(=O)[C@H](Cc1c[nH]c2ccccc12)NC(=O)[C@H](CC(C)C)NP(=O)(O)OCCCN. The highest BCUT2D eigenvalue weighted by Crippen LogP contribution is 2.38. The van der Waals surface area contributed by atoms with E-state index >= 15 is 0 Å². The number of H-pyrrole nitrogens is 1. The Bertz CT molecular complexity index is 963.